The summed E-state index contributed by atoms with van der Waals surface area (Å²) in [5, 5.41) is 3.60. The van der Waals surface area contributed by atoms with Gasteiger partial charge in [-0.1, -0.05) is 45.1 Å². The molecule has 0 fully saturated rings. The molecule has 0 aromatic heterocycles. The highest BCUT2D eigenvalue weighted by Crippen LogP contribution is 2.07. The molecule has 0 aliphatic heterocycles. The van der Waals surface area contributed by atoms with Crippen molar-refractivity contribution in [2.75, 3.05) is 0 Å². The normalized spacial score (nSPS) is 14.9. The highest BCUT2D eigenvalue weighted by molar-refractivity contribution is 4.76. The predicted molar refractivity (Wildman–Crippen MR) is 70.2 cm³/mol. The molecule has 1 heteroatoms. The molecule has 0 radical (unpaired) electrons. The third-order valence-electron chi connectivity index (χ3n) is 2.83. The van der Waals surface area contributed by atoms with Crippen molar-refractivity contribution in [3.63, 3.8) is 0 Å². The van der Waals surface area contributed by atoms with Gasteiger partial charge in [0.25, 0.3) is 0 Å². The van der Waals surface area contributed by atoms with Crippen molar-refractivity contribution in [1.82, 2.24) is 5.32 Å². The molecule has 2 unspecified atom stereocenters. The van der Waals surface area contributed by atoms with Crippen LogP contribution in [0.1, 0.15) is 65.7 Å². The third-order valence-corrected chi connectivity index (χ3v) is 2.83. The van der Waals surface area contributed by atoms with Gasteiger partial charge in [-0.15, -0.1) is 6.58 Å². The van der Waals surface area contributed by atoms with Crippen molar-refractivity contribution < 1.29 is 0 Å². The van der Waals surface area contributed by atoms with Crippen LogP contribution in [0, 0.1) is 0 Å². The van der Waals surface area contributed by atoms with Crippen molar-refractivity contribution in [2.45, 2.75) is 77.8 Å². The molecular formula is C14H29N. The second-order valence-corrected chi connectivity index (χ2v) is 4.70. The van der Waals surface area contributed by atoms with E-state index in [0.29, 0.717) is 12.1 Å². The van der Waals surface area contributed by atoms with Crippen LogP contribution in [0.5, 0.6) is 0 Å². The smallest absolute Gasteiger partial charge is 0.00756 e. The van der Waals surface area contributed by atoms with Crippen LogP contribution in [0.4, 0.5) is 0 Å². The fraction of sp³-hybridized carbons (Fsp3) is 0.857. The molecule has 0 aliphatic rings. The summed E-state index contributed by atoms with van der Waals surface area (Å²) in [7, 11) is 0. The summed E-state index contributed by atoms with van der Waals surface area (Å²) < 4.78 is 0. The summed E-state index contributed by atoms with van der Waals surface area (Å²) in [4.78, 5) is 0. The Kier molecular flexibility index (Phi) is 10.0. The lowest BCUT2D eigenvalue weighted by Crippen LogP contribution is -2.33. The molecule has 1 N–H and O–H groups in total. The van der Waals surface area contributed by atoms with Crippen LogP contribution in [-0.2, 0) is 0 Å². The van der Waals surface area contributed by atoms with Crippen LogP contribution in [0.3, 0.4) is 0 Å². The van der Waals surface area contributed by atoms with Gasteiger partial charge in [-0.05, 0) is 26.7 Å². The molecule has 1 nitrogen and oxygen atoms in total. The van der Waals surface area contributed by atoms with E-state index in [0.717, 1.165) is 6.42 Å². The molecule has 0 spiro atoms. The highest BCUT2D eigenvalue weighted by atomic mass is 14.9. The van der Waals surface area contributed by atoms with Gasteiger partial charge in [-0.2, -0.15) is 0 Å². The van der Waals surface area contributed by atoms with Crippen LogP contribution < -0.4 is 5.32 Å². The molecule has 0 aliphatic carbocycles. The van der Waals surface area contributed by atoms with Crippen LogP contribution in [0.15, 0.2) is 12.7 Å². The molecule has 0 amide bonds. The van der Waals surface area contributed by atoms with Crippen molar-refractivity contribution in [1.29, 1.82) is 0 Å². The summed E-state index contributed by atoms with van der Waals surface area (Å²) in [6.07, 6.45) is 11.3. The maximum absolute atomic E-state index is 3.76. The zero-order chi connectivity index (χ0) is 11.5. The minimum absolute atomic E-state index is 0.577. The van der Waals surface area contributed by atoms with E-state index in [9.17, 15) is 0 Å². The largest absolute Gasteiger partial charge is 0.311 e. The van der Waals surface area contributed by atoms with Crippen molar-refractivity contribution >= 4 is 0 Å². The lowest BCUT2D eigenvalue weighted by molar-refractivity contribution is 0.430. The molecule has 0 saturated carbocycles. The second kappa shape index (κ2) is 10.2. The van der Waals surface area contributed by atoms with Gasteiger partial charge >= 0.3 is 0 Å². The van der Waals surface area contributed by atoms with Gasteiger partial charge in [0.15, 0.2) is 0 Å². The van der Waals surface area contributed by atoms with Gasteiger partial charge in [0.2, 0.25) is 0 Å². The number of hydrogen-bond donors (Lipinski definition) is 1. The summed E-state index contributed by atoms with van der Waals surface area (Å²) in [5.74, 6) is 0. The average molecular weight is 211 g/mol. The first-order valence-electron chi connectivity index (χ1n) is 6.57. The topological polar surface area (TPSA) is 12.0 Å². The van der Waals surface area contributed by atoms with E-state index < -0.39 is 0 Å². The molecule has 15 heavy (non-hydrogen) atoms. The molecular weight excluding hydrogens is 182 g/mol. The zero-order valence-corrected chi connectivity index (χ0v) is 10.9. The van der Waals surface area contributed by atoms with Gasteiger partial charge in [0.1, 0.15) is 0 Å². The van der Waals surface area contributed by atoms with Crippen LogP contribution in [0.2, 0.25) is 0 Å². The molecule has 0 rings (SSSR count). The lowest BCUT2D eigenvalue weighted by Gasteiger charge is -2.18. The van der Waals surface area contributed by atoms with E-state index >= 15 is 0 Å². The Morgan fingerprint density at radius 3 is 2.33 bits per heavy atom. The third kappa shape index (κ3) is 9.99. The van der Waals surface area contributed by atoms with Crippen LogP contribution in [0.25, 0.3) is 0 Å². The zero-order valence-electron chi connectivity index (χ0n) is 10.9. The van der Waals surface area contributed by atoms with Crippen molar-refractivity contribution in [3.05, 3.63) is 12.7 Å². The van der Waals surface area contributed by atoms with E-state index in [2.05, 4.69) is 32.7 Å². The molecule has 0 bridgehead atoms. The monoisotopic (exact) mass is 211 g/mol. The van der Waals surface area contributed by atoms with Gasteiger partial charge in [-0.25, -0.2) is 0 Å². The fourth-order valence-corrected chi connectivity index (χ4v) is 1.94. The number of nitrogens with one attached hydrogen (secondary N) is 1. The van der Waals surface area contributed by atoms with Gasteiger partial charge in [-0.3, -0.25) is 0 Å². The van der Waals surface area contributed by atoms with Crippen molar-refractivity contribution in [3.8, 4) is 0 Å². The number of hydrogen-bond acceptors (Lipinski definition) is 1. The van der Waals surface area contributed by atoms with Gasteiger partial charge in [0, 0.05) is 12.1 Å². The quantitative estimate of drug-likeness (QED) is 0.420. The van der Waals surface area contributed by atoms with Gasteiger partial charge in [0.05, 0.1) is 0 Å². The standard InChI is InChI=1S/C14H29N/c1-5-7-8-9-10-12-14(4)15-13(3)11-6-2/h6,13-15H,2,5,7-12H2,1,3-4H3. The van der Waals surface area contributed by atoms with E-state index in [-0.39, 0.29) is 0 Å². The Morgan fingerprint density at radius 2 is 1.73 bits per heavy atom. The number of unbranched alkanes of at least 4 members (excludes halogenated alkanes) is 4. The Balaban J connectivity index is 3.32. The first-order chi connectivity index (χ1) is 7.20. The summed E-state index contributed by atoms with van der Waals surface area (Å²) >= 11 is 0. The summed E-state index contributed by atoms with van der Waals surface area (Å²) in [6.45, 7) is 10.6. The van der Waals surface area contributed by atoms with Gasteiger partial charge < -0.3 is 5.32 Å². The Morgan fingerprint density at radius 1 is 1.07 bits per heavy atom. The molecule has 0 saturated heterocycles. The predicted octanol–water partition coefficient (Wildman–Crippen LogP) is 4.29. The van der Waals surface area contributed by atoms with Crippen LogP contribution in [-0.4, -0.2) is 12.1 Å². The molecule has 0 heterocycles. The minimum Gasteiger partial charge on any atom is -0.311 e. The average Bonchev–Trinajstić information content (AvgIpc) is 2.17. The first-order valence-corrected chi connectivity index (χ1v) is 6.57. The lowest BCUT2D eigenvalue weighted by atomic mass is 10.1. The molecule has 0 aromatic carbocycles. The Labute approximate surface area is 96.3 Å². The Hall–Kier alpha value is -0.300. The van der Waals surface area contributed by atoms with E-state index in [4.69, 9.17) is 0 Å². The van der Waals surface area contributed by atoms with Crippen molar-refractivity contribution in [2.24, 2.45) is 0 Å². The maximum atomic E-state index is 3.76. The first kappa shape index (κ1) is 14.7. The minimum atomic E-state index is 0.577. The van der Waals surface area contributed by atoms with Crippen LogP contribution >= 0.6 is 0 Å². The highest BCUT2D eigenvalue weighted by Gasteiger charge is 2.05. The summed E-state index contributed by atoms with van der Waals surface area (Å²) in [5.41, 5.74) is 0. The molecule has 0 aromatic rings. The second-order valence-electron chi connectivity index (χ2n) is 4.70. The molecule has 90 valence electrons. The van der Waals surface area contributed by atoms with E-state index in [1.807, 2.05) is 6.08 Å². The fourth-order valence-electron chi connectivity index (χ4n) is 1.94. The van der Waals surface area contributed by atoms with E-state index in [1.165, 1.54) is 38.5 Å². The summed E-state index contributed by atoms with van der Waals surface area (Å²) in [6, 6.07) is 1.23. The Bertz CT molecular complexity index is 142. The number of rotatable bonds is 10. The SMILES string of the molecule is C=CCC(C)NC(C)CCCCCCC. The maximum Gasteiger partial charge on any atom is 0.00756 e. The van der Waals surface area contributed by atoms with E-state index in [1.54, 1.807) is 0 Å². The molecule has 2 atom stereocenters.